The summed E-state index contributed by atoms with van der Waals surface area (Å²) in [7, 11) is 0. The van der Waals surface area contributed by atoms with E-state index in [9.17, 15) is 10.1 Å². The third-order valence-electron chi connectivity index (χ3n) is 5.95. The van der Waals surface area contributed by atoms with E-state index in [0.29, 0.717) is 30.4 Å². The maximum absolute atomic E-state index is 12.8. The smallest absolute Gasteiger partial charge is 0.231 e. The molecule has 1 heterocycles. The lowest BCUT2D eigenvalue weighted by atomic mass is 9.83. The highest BCUT2D eigenvalue weighted by Gasteiger charge is 2.33. The van der Waals surface area contributed by atoms with Gasteiger partial charge in [0.2, 0.25) is 5.91 Å². The summed E-state index contributed by atoms with van der Waals surface area (Å²) in [5, 5.41) is 22.1. The number of aromatic nitrogens is 3. The Morgan fingerprint density at radius 1 is 1.18 bits per heavy atom. The molecule has 1 fully saturated rings. The van der Waals surface area contributed by atoms with E-state index in [1.54, 1.807) is 0 Å². The SMILES string of the molecule is CCOc1ccc(-n2c(SCC(=O)NC3(C#N)CCCCC3)nnc2-c2cccc(C)c2)cc1. The molecule has 0 bridgehead atoms. The number of benzene rings is 2. The van der Waals surface area contributed by atoms with Gasteiger partial charge in [-0.05, 0) is 57.0 Å². The van der Waals surface area contributed by atoms with Crippen molar-refractivity contribution in [3.63, 3.8) is 0 Å². The number of nitriles is 1. The van der Waals surface area contributed by atoms with Gasteiger partial charge in [-0.25, -0.2) is 0 Å². The highest BCUT2D eigenvalue weighted by Crippen LogP contribution is 2.30. The van der Waals surface area contributed by atoms with Crippen LogP contribution in [0.3, 0.4) is 0 Å². The lowest BCUT2D eigenvalue weighted by Gasteiger charge is -2.31. The molecule has 0 saturated heterocycles. The standard InChI is InChI=1S/C26H29N5O2S/c1-3-33-22-12-10-21(11-13-22)31-24(20-9-7-8-19(2)16-20)29-30-25(31)34-17-23(32)28-26(18-27)14-5-4-6-15-26/h7-13,16H,3-6,14-15,17H2,1-2H3,(H,28,32). The van der Waals surface area contributed by atoms with Crippen LogP contribution in [0.2, 0.25) is 0 Å². The van der Waals surface area contributed by atoms with Crippen LogP contribution < -0.4 is 10.1 Å². The normalized spacial score (nSPS) is 14.9. The summed E-state index contributed by atoms with van der Waals surface area (Å²) in [5.74, 6) is 1.49. The van der Waals surface area contributed by atoms with E-state index in [2.05, 4.69) is 27.6 Å². The van der Waals surface area contributed by atoms with Crippen molar-refractivity contribution < 1.29 is 9.53 Å². The fourth-order valence-corrected chi connectivity index (χ4v) is 5.03. The van der Waals surface area contributed by atoms with E-state index in [1.807, 2.05) is 60.9 Å². The van der Waals surface area contributed by atoms with Crippen LogP contribution in [-0.4, -0.2) is 38.6 Å². The minimum Gasteiger partial charge on any atom is -0.494 e. The zero-order chi connectivity index (χ0) is 24.0. The van der Waals surface area contributed by atoms with Crippen LogP contribution in [0.4, 0.5) is 0 Å². The molecule has 7 nitrogen and oxygen atoms in total. The first-order chi connectivity index (χ1) is 16.5. The Bertz CT molecular complexity index is 1180. The maximum Gasteiger partial charge on any atom is 0.231 e. The summed E-state index contributed by atoms with van der Waals surface area (Å²) in [6, 6.07) is 18.2. The number of hydrogen-bond acceptors (Lipinski definition) is 6. The highest BCUT2D eigenvalue weighted by atomic mass is 32.2. The van der Waals surface area contributed by atoms with E-state index >= 15 is 0 Å². The minimum absolute atomic E-state index is 0.159. The Labute approximate surface area is 204 Å². The van der Waals surface area contributed by atoms with E-state index in [-0.39, 0.29) is 11.7 Å². The largest absolute Gasteiger partial charge is 0.494 e. The van der Waals surface area contributed by atoms with Crippen molar-refractivity contribution in [1.29, 1.82) is 5.26 Å². The molecule has 8 heteroatoms. The number of carbonyl (C=O) groups excluding carboxylic acids is 1. The molecule has 2 aromatic carbocycles. The summed E-state index contributed by atoms with van der Waals surface area (Å²) in [6.07, 6.45) is 4.46. The molecule has 1 aliphatic carbocycles. The average molecular weight is 476 g/mol. The molecule has 4 rings (SSSR count). The van der Waals surface area contributed by atoms with Crippen molar-refractivity contribution in [2.45, 2.75) is 56.6 Å². The number of amides is 1. The van der Waals surface area contributed by atoms with Gasteiger partial charge < -0.3 is 10.1 Å². The Balaban J connectivity index is 1.59. The van der Waals surface area contributed by atoms with Gasteiger partial charge in [0.1, 0.15) is 11.3 Å². The van der Waals surface area contributed by atoms with Gasteiger partial charge in [0, 0.05) is 11.3 Å². The van der Waals surface area contributed by atoms with Crippen molar-refractivity contribution >= 4 is 17.7 Å². The van der Waals surface area contributed by atoms with Crippen LogP contribution in [-0.2, 0) is 4.79 Å². The molecule has 176 valence electrons. The second-order valence-corrected chi connectivity index (χ2v) is 9.47. The molecule has 0 atom stereocenters. The topological polar surface area (TPSA) is 92.8 Å². The maximum atomic E-state index is 12.8. The Kier molecular flexibility index (Phi) is 7.53. The molecule has 1 amide bonds. The molecule has 0 spiro atoms. The van der Waals surface area contributed by atoms with Crippen molar-refractivity contribution in [3.05, 3.63) is 54.1 Å². The molecule has 3 aromatic rings. The molecule has 0 unspecified atom stereocenters. The first-order valence-electron chi connectivity index (χ1n) is 11.6. The molecule has 34 heavy (non-hydrogen) atoms. The predicted molar refractivity (Wildman–Crippen MR) is 133 cm³/mol. The summed E-state index contributed by atoms with van der Waals surface area (Å²) < 4.78 is 7.55. The number of carbonyl (C=O) groups is 1. The van der Waals surface area contributed by atoms with Gasteiger partial charge in [0.15, 0.2) is 11.0 Å². The quantitative estimate of drug-likeness (QED) is 0.457. The van der Waals surface area contributed by atoms with Gasteiger partial charge in [-0.3, -0.25) is 9.36 Å². The summed E-state index contributed by atoms with van der Waals surface area (Å²) >= 11 is 1.32. The van der Waals surface area contributed by atoms with Crippen molar-refractivity contribution in [1.82, 2.24) is 20.1 Å². The summed E-state index contributed by atoms with van der Waals surface area (Å²) in [6.45, 7) is 4.59. The predicted octanol–water partition coefficient (Wildman–Crippen LogP) is 5.08. The third-order valence-corrected chi connectivity index (χ3v) is 6.88. The number of aryl methyl sites for hydroxylation is 1. The number of nitrogens with one attached hydrogen (secondary N) is 1. The molecule has 0 aliphatic heterocycles. The molecular formula is C26H29N5O2S. The van der Waals surface area contributed by atoms with Crippen LogP contribution in [0.5, 0.6) is 5.75 Å². The number of thioether (sulfide) groups is 1. The zero-order valence-electron chi connectivity index (χ0n) is 19.6. The van der Waals surface area contributed by atoms with Crippen LogP contribution in [0, 0.1) is 18.3 Å². The average Bonchev–Trinajstić information content (AvgIpc) is 3.28. The number of hydrogen-bond donors (Lipinski definition) is 1. The van der Waals surface area contributed by atoms with Gasteiger partial charge in [-0.2, -0.15) is 5.26 Å². The lowest BCUT2D eigenvalue weighted by molar-refractivity contribution is -0.120. The van der Waals surface area contributed by atoms with Crippen LogP contribution >= 0.6 is 11.8 Å². The molecule has 1 N–H and O–H groups in total. The van der Waals surface area contributed by atoms with E-state index < -0.39 is 5.54 Å². The first kappa shape index (κ1) is 23.8. The second kappa shape index (κ2) is 10.7. The van der Waals surface area contributed by atoms with Gasteiger partial charge >= 0.3 is 0 Å². The second-order valence-electron chi connectivity index (χ2n) is 8.53. The van der Waals surface area contributed by atoms with E-state index in [1.165, 1.54) is 11.8 Å². The molecule has 0 radical (unpaired) electrons. The Morgan fingerprint density at radius 2 is 1.94 bits per heavy atom. The summed E-state index contributed by atoms with van der Waals surface area (Å²) in [5.41, 5.74) is 2.21. The molecule has 1 aliphatic rings. The van der Waals surface area contributed by atoms with Gasteiger partial charge in [-0.1, -0.05) is 54.8 Å². The van der Waals surface area contributed by atoms with Crippen molar-refractivity contribution in [3.8, 4) is 28.9 Å². The van der Waals surface area contributed by atoms with Crippen molar-refractivity contribution in [2.75, 3.05) is 12.4 Å². The number of rotatable bonds is 8. The first-order valence-corrected chi connectivity index (χ1v) is 12.6. The fourth-order valence-electron chi connectivity index (χ4n) is 4.28. The number of nitrogens with zero attached hydrogens (tertiary/aromatic N) is 4. The van der Waals surface area contributed by atoms with E-state index in [4.69, 9.17) is 4.74 Å². The number of ether oxygens (including phenoxy) is 1. The monoisotopic (exact) mass is 475 g/mol. The summed E-state index contributed by atoms with van der Waals surface area (Å²) in [4.78, 5) is 12.8. The van der Waals surface area contributed by atoms with Crippen LogP contribution in [0.25, 0.3) is 17.1 Å². The molecule has 1 saturated carbocycles. The Hall–Kier alpha value is -3.31. The van der Waals surface area contributed by atoms with Gasteiger partial charge in [0.25, 0.3) is 0 Å². The molecule has 1 aromatic heterocycles. The fraction of sp³-hybridized carbons (Fsp3) is 0.385. The van der Waals surface area contributed by atoms with Crippen LogP contribution in [0.1, 0.15) is 44.6 Å². The molecular weight excluding hydrogens is 446 g/mol. The van der Waals surface area contributed by atoms with Crippen molar-refractivity contribution in [2.24, 2.45) is 0 Å². The van der Waals surface area contributed by atoms with E-state index in [0.717, 1.165) is 41.8 Å². The zero-order valence-corrected chi connectivity index (χ0v) is 20.4. The minimum atomic E-state index is -0.745. The van der Waals surface area contributed by atoms with Gasteiger partial charge in [-0.15, -0.1) is 10.2 Å². The Morgan fingerprint density at radius 3 is 2.62 bits per heavy atom. The lowest BCUT2D eigenvalue weighted by Crippen LogP contribution is -2.49. The van der Waals surface area contributed by atoms with Gasteiger partial charge in [0.05, 0.1) is 18.4 Å². The van der Waals surface area contributed by atoms with Crippen LogP contribution in [0.15, 0.2) is 53.7 Å². The highest BCUT2D eigenvalue weighted by molar-refractivity contribution is 7.99. The third kappa shape index (κ3) is 5.42.